The van der Waals surface area contributed by atoms with E-state index in [1.165, 1.54) is 0 Å². The minimum Gasteiger partial charge on any atom is -0.507 e. The van der Waals surface area contributed by atoms with Gasteiger partial charge >= 0.3 is 0 Å². The van der Waals surface area contributed by atoms with Crippen molar-refractivity contribution in [1.29, 1.82) is 5.26 Å². The average molecular weight is 331 g/mol. The summed E-state index contributed by atoms with van der Waals surface area (Å²) in [5, 5.41) is 22.3. The summed E-state index contributed by atoms with van der Waals surface area (Å²) in [4.78, 5) is 0. The maximum absolute atomic E-state index is 9.80. The van der Waals surface area contributed by atoms with Crippen LogP contribution in [-0.4, -0.2) is 5.11 Å². The van der Waals surface area contributed by atoms with Gasteiger partial charge in [0.1, 0.15) is 11.8 Å². The molecule has 0 aliphatic rings. The summed E-state index contributed by atoms with van der Waals surface area (Å²) >= 11 is 3.38. The van der Waals surface area contributed by atoms with Gasteiger partial charge in [-0.3, -0.25) is 0 Å². The molecule has 3 nitrogen and oxygen atoms in total. The van der Waals surface area contributed by atoms with Crippen molar-refractivity contribution in [2.24, 2.45) is 0 Å². The number of hydrogen-bond donors (Lipinski definition) is 2. The standard InChI is InChI=1S/C16H15BrN2O/c1-10-7-12(8-11(2)16(10)20)15(9-18)19-14-5-3-13(17)4-6-14/h3-8,15,19-20H,1-2H3. The maximum Gasteiger partial charge on any atom is 0.140 e. The molecule has 0 aliphatic carbocycles. The van der Waals surface area contributed by atoms with E-state index < -0.39 is 6.04 Å². The summed E-state index contributed by atoms with van der Waals surface area (Å²) in [5.74, 6) is 0.286. The molecule has 2 aromatic rings. The first-order valence-corrected chi connectivity index (χ1v) is 7.02. The number of phenolic OH excluding ortho intramolecular Hbond substituents is 1. The van der Waals surface area contributed by atoms with Gasteiger partial charge in [-0.05, 0) is 66.9 Å². The Bertz CT molecular complexity index is 636. The molecule has 2 N–H and O–H groups in total. The highest BCUT2D eigenvalue weighted by atomic mass is 79.9. The summed E-state index contributed by atoms with van der Waals surface area (Å²) in [6, 6.07) is 13.1. The summed E-state index contributed by atoms with van der Waals surface area (Å²) in [7, 11) is 0. The Hall–Kier alpha value is -1.99. The van der Waals surface area contributed by atoms with E-state index in [4.69, 9.17) is 0 Å². The first kappa shape index (κ1) is 14.4. The molecule has 0 saturated carbocycles. The number of nitrogens with one attached hydrogen (secondary N) is 1. The van der Waals surface area contributed by atoms with E-state index in [0.29, 0.717) is 0 Å². The van der Waals surface area contributed by atoms with Crippen molar-refractivity contribution in [3.8, 4) is 11.8 Å². The number of nitrogens with zero attached hydrogens (tertiary/aromatic N) is 1. The summed E-state index contributed by atoms with van der Waals surface area (Å²) in [5.41, 5.74) is 3.28. The number of halogens is 1. The van der Waals surface area contributed by atoms with Crippen LogP contribution in [0.15, 0.2) is 40.9 Å². The fraction of sp³-hybridized carbons (Fsp3) is 0.188. The Labute approximate surface area is 127 Å². The van der Waals surface area contributed by atoms with Crippen LogP contribution >= 0.6 is 15.9 Å². The molecule has 0 radical (unpaired) electrons. The van der Waals surface area contributed by atoms with Crippen molar-refractivity contribution in [1.82, 2.24) is 0 Å². The van der Waals surface area contributed by atoms with E-state index in [0.717, 1.165) is 26.9 Å². The summed E-state index contributed by atoms with van der Waals surface area (Å²) in [6.07, 6.45) is 0. The van der Waals surface area contributed by atoms with Crippen molar-refractivity contribution in [2.45, 2.75) is 19.9 Å². The van der Waals surface area contributed by atoms with Crippen molar-refractivity contribution < 1.29 is 5.11 Å². The molecule has 0 aliphatic heterocycles. The quantitative estimate of drug-likeness (QED) is 0.874. The number of aryl methyl sites for hydroxylation is 2. The zero-order valence-electron chi connectivity index (χ0n) is 11.3. The van der Waals surface area contributed by atoms with Crippen LogP contribution in [0, 0.1) is 25.2 Å². The molecule has 0 heterocycles. The second-order valence-electron chi connectivity index (χ2n) is 4.72. The molecular weight excluding hydrogens is 316 g/mol. The Morgan fingerprint density at radius 3 is 2.20 bits per heavy atom. The lowest BCUT2D eigenvalue weighted by atomic mass is 10.0. The second kappa shape index (κ2) is 5.98. The summed E-state index contributed by atoms with van der Waals surface area (Å²) < 4.78 is 0.993. The third kappa shape index (κ3) is 3.12. The fourth-order valence-corrected chi connectivity index (χ4v) is 2.32. The van der Waals surface area contributed by atoms with Crippen molar-refractivity contribution in [3.05, 3.63) is 57.6 Å². The molecule has 0 bridgehead atoms. The van der Waals surface area contributed by atoms with Gasteiger partial charge in [-0.1, -0.05) is 15.9 Å². The van der Waals surface area contributed by atoms with Gasteiger partial charge in [0.15, 0.2) is 0 Å². The Morgan fingerprint density at radius 2 is 1.70 bits per heavy atom. The average Bonchev–Trinajstić information content (AvgIpc) is 2.43. The molecule has 2 aromatic carbocycles. The van der Waals surface area contributed by atoms with E-state index in [9.17, 15) is 10.4 Å². The van der Waals surface area contributed by atoms with Gasteiger partial charge in [0.25, 0.3) is 0 Å². The topological polar surface area (TPSA) is 56.0 Å². The van der Waals surface area contributed by atoms with E-state index >= 15 is 0 Å². The first-order chi connectivity index (χ1) is 9.51. The highest BCUT2D eigenvalue weighted by molar-refractivity contribution is 9.10. The monoisotopic (exact) mass is 330 g/mol. The molecule has 0 aromatic heterocycles. The highest BCUT2D eigenvalue weighted by Gasteiger charge is 2.13. The first-order valence-electron chi connectivity index (χ1n) is 6.23. The fourth-order valence-electron chi connectivity index (χ4n) is 2.06. The van der Waals surface area contributed by atoms with E-state index in [-0.39, 0.29) is 5.75 Å². The van der Waals surface area contributed by atoms with E-state index in [1.807, 2.05) is 50.2 Å². The number of rotatable bonds is 3. The zero-order chi connectivity index (χ0) is 14.7. The third-order valence-corrected chi connectivity index (χ3v) is 3.66. The number of nitriles is 1. The molecular formula is C16H15BrN2O. The lowest BCUT2D eigenvalue weighted by Gasteiger charge is -2.15. The normalized spacial score (nSPS) is 11.7. The third-order valence-electron chi connectivity index (χ3n) is 3.13. The SMILES string of the molecule is Cc1cc(C(C#N)Nc2ccc(Br)cc2)cc(C)c1O. The van der Waals surface area contributed by atoms with Crippen LogP contribution in [0.1, 0.15) is 22.7 Å². The maximum atomic E-state index is 9.80. The largest absolute Gasteiger partial charge is 0.507 e. The van der Waals surface area contributed by atoms with Gasteiger partial charge in [0.2, 0.25) is 0 Å². The van der Waals surface area contributed by atoms with Crippen LogP contribution in [-0.2, 0) is 0 Å². The van der Waals surface area contributed by atoms with Gasteiger partial charge < -0.3 is 10.4 Å². The zero-order valence-corrected chi connectivity index (χ0v) is 12.9. The predicted octanol–water partition coefficient (Wildman–Crippen LogP) is 4.45. The lowest BCUT2D eigenvalue weighted by Crippen LogP contribution is -2.09. The number of hydrogen-bond acceptors (Lipinski definition) is 3. The molecule has 0 amide bonds. The second-order valence-corrected chi connectivity index (χ2v) is 5.63. The van der Waals surface area contributed by atoms with Crippen LogP contribution in [0.25, 0.3) is 0 Å². The van der Waals surface area contributed by atoms with Gasteiger partial charge in [0, 0.05) is 10.2 Å². The minimum atomic E-state index is -0.450. The van der Waals surface area contributed by atoms with Crippen LogP contribution in [0.3, 0.4) is 0 Å². The molecule has 1 unspecified atom stereocenters. The smallest absolute Gasteiger partial charge is 0.140 e. The Kier molecular flexibility index (Phi) is 4.31. The van der Waals surface area contributed by atoms with Gasteiger partial charge in [0.05, 0.1) is 6.07 Å². The molecule has 1 atom stereocenters. The van der Waals surface area contributed by atoms with Gasteiger partial charge in [-0.15, -0.1) is 0 Å². The molecule has 20 heavy (non-hydrogen) atoms. The molecule has 0 saturated heterocycles. The lowest BCUT2D eigenvalue weighted by molar-refractivity contribution is 0.466. The minimum absolute atomic E-state index is 0.286. The molecule has 0 fully saturated rings. The van der Waals surface area contributed by atoms with E-state index in [2.05, 4.69) is 27.3 Å². The van der Waals surface area contributed by atoms with Gasteiger partial charge in [-0.25, -0.2) is 0 Å². The van der Waals surface area contributed by atoms with Crippen LogP contribution in [0.4, 0.5) is 5.69 Å². The molecule has 4 heteroatoms. The van der Waals surface area contributed by atoms with Crippen LogP contribution in [0.2, 0.25) is 0 Å². The van der Waals surface area contributed by atoms with Crippen molar-refractivity contribution >= 4 is 21.6 Å². The Balaban J connectivity index is 2.29. The van der Waals surface area contributed by atoms with Gasteiger partial charge in [-0.2, -0.15) is 5.26 Å². The van der Waals surface area contributed by atoms with Crippen molar-refractivity contribution in [3.63, 3.8) is 0 Å². The predicted molar refractivity (Wildman–Crippen MR) is 83.7 cm³/mol. The van der Waals surface area contributed by atoms with Crippen molar-refractivity contribution in [2.75, 3.05) is 5.32 Å². The van der Waals surface area contributed by atoms with Crippen LogP contribution < -0.4 is 5.32 Å². The molecule has 102 valence electrons. The van der Waals surface area contributed by atoms with E-state index in [1.54, 1.807) is 0 Å². The number of aromatic hydroxyl groups is 1. The summed E-state index contributed by atoms with van der Waals surface area (Å²) in [6.45, 7) is 3.67. The van der Waals surface area contributed by atoms with Crippen LogP contribution in [0.5, 0.6) is 5.75 Å². The number of anilines is 1. The molecule has 0 spiro atoms. The highest BCUT2D eigenvalue weighted by Crippen LogP contribution is 2.28. The Morgan fingerprint density at radius 1 is 1.15 bits per heavy atom. The number of benzene rings is 2. The number of phenols is 1. The molecule has 2 rings (SSSR count).